The van der Waals surface area contributed by atoms with Gasteiger partial charge in [-0.2, -0.15) is 15.1 Å². The van der Waals surface area contributed by atoms with Crippen LogP contribution in [0.25, 0.3) is 21.9 Å². The number of nitrogen functional groups attached to an aromatic ring is 1. The maximum absolute atomic E-state index is 15.0. The van der Waals surface area contributed by atoms with Gasteiger partial charge in [-0.1, -0.05) is 97.1 Å². The number of hydrogen-bond donors (Lipinski definition) is 4. The molecule has 5 N–H and O–H groups in total. The van der Waals surface area contributed by atoms with Crippen LogP contribution >= 0.6 is 30.3 Å². The van der Waals surface area contributed by atoms with Crippen molar-refractivity contribution in [3.63, 3.8) is 0 Å². The van der Waals surface area contributed by atoms with E-state index in [1.807, 2.05) is 77.2 Å². The molecule has 7 rings (SSSR count). The van der Waals surface area contributed by atoms with Gasteiger partial charge in [-0.05, 0) is 29.5 Å². The van der Waals surface area contributed by atoms with Crippen LogP contribution in [-0.2, 0) is 30.0 Å². The van der Waals surface area contributed by atoms with Gasteiger partial charge >= 0.3 is 13.7 Å². The van der Waals surface area contributed by atoms with Crippen molar-refractivity contribution in [2.24, 2.45) is 0 Å². The predicted octanol–water partition coefficient (Wildman–Crippen LogP) is 5.46. The van der Waals surface area contributed by atoms with E-state index in [1.165, 1.54) is 18.6 Å². The third kappa shape index (κ3) is 7.63. The zero-order valence-electron chi connectivity index (χ0n) is 29.0. The van der Waals surface area contributed by atoms with Gasteiger partial charge < -0.3 is 34.7 Å². The number of esters is 1. The van der Waals surface area contributed by atoms with Gasteiger partial charge in [0, 0.05) is 28.0 Å². The molecule has 1 aliphatic rings. The molecule has 54 heavy (non-hydrogen) atoms. The molecule has 6 aromatic rings. The van der Waals surface area contributed by atoms with E-state index in [2.05, 4.69) is 20.0 Å². The molecule has 0 amide bonds. The molecule has 280 valence electrons. The van der Waals surface area contributed by atoms with Gasteiger partial charge in [-0.3, -0.25) is 9.09 Å². The third-order valence-corrected chi connectivity index (χ3v) is 11.2. The lowest BCUT2D eigenvalue weighted by Crippen LogP contribution is -2.44. The maximum atomic E-state index is 15.0. The second-order valence-corrected chi connectivity index (χ2v) is 15.3. The van der Waals surface area contributed by atoms with Crippen LogP contribution in [0.5, 0.6) is 11.6 Å². The van der Waals surface area contributed by atoms with Crippen molar-refractivity contribution in [2.75, 3.05) is 19.5 Å². The van der Waals surface area contributed by atoms with Gasteiger partial charge in [0.25, 0.3) is 0 Å². The highest BCUT2D eigenvalue weighted by Crippen LogP contribution is 2.50. The molecule has 0 aliphatic carbocycles. The number of halogens is 1. The van der Waals surface area contributed by atoms with Gasteiger partial charge in [0.05, 0.1) is 13.7 Å². The number of anilines is 1. The van der Waals surface area contributed by atoms with Crippen LogP contribution in [0.2, 0.25) is 0 Å². The van der Waals surface area contributed by atoms with Crippen LogP contribution in [0, 0.1) is 3.83 Å². The number of aliphatic hydroxyl groups excluding tert-OH is 1. The predicted molar refractivity (Wildman–Crippen MR) is 206 cm³/mol. The molecule has 0 saturated carbocycles. The second kappa shape index (κ2) is 15.6. The van der Waals surface area contributed by atoms with E-state index in [0.717, 1.165) is 10.9 Å². The lowest BCUT2D eigenvalue weighted by Gasteiger charge is -2.28. The molecule has 6 atom stereocenters. The lowest BCUT2D eigenvalue weighted by molar-refractivity contribution is -0.147. The number of hydrogen-bond acceptors (Lipinski definition) is 13. The summed E-state index contributed by atoms with van der Waals surface area (Å²) in [7, 11) is -3.17. The van der Waals surface area contributed by atoms with Crippen molar-refractivity contribution in [1.29, 1.82) is 0 Å². The number of imidazole rings is 1. The molecular weight excluding hydrogens is 830 g/mol. The third-order valence-electron chi connectivity index (χ3n) is 8.92. The van der Waals surface area contributed by atoms with E-state index in [4.69, 9.17) is 29.0 Å². The van der Waals surface area contributed by atoms with Gasteiger partial charge in [-0.15, -0.1) is 0 Å². The smallest absolute Gasteiger partial charge is 0.459 e. The summed E-state index contributed by atoms with van der Waals surface area (Å²) in [4.78, 5) is 26.6. The fourth-order valence-electron chi connectivity index (χ4n) is 6.19. The SMILES string of the molecule is COc1nc(N)nc2c1nc(I)n2[C@@H]1O[C@H](COP(=O)(N[C@H](C(=O)OCc2ccccc2)c2ccccc2)Oc2cccc3ccccc23)[C@@H](O)[C@@]1(C)O. The highest BCUT2D eigenvalue weighted by molar-refractivity contribution is 14.1. The Morgan fingerprint density at radius 1 is 1.02 bits per heavy atom. The molecule has 1 unspecified atom stereocenters. The molecule has 4 aromatic carbocycles. The molecule has 15 nitrogen and oxygen atoms in total. The highest BCUT2D eigenvalue weighted by atomic mass is 127. The molecule has 0 bridgehead atoms. The van der Waals surface area contributed by atoms with E-state index in [1.54, 1.807) is 48.5 Å². The number of rotatable bonds is 13. The Morgan fingerprint density at radius 3 is 2.44 bits per heavy atom. The normalized spacial score (nSPS) is 21.5. The minimum Gasteiger partial charge on any atom is -0.479 e. The zero-order chi connectivity index (χ0) is 38.0. The van der Waals surface area contributed by atoms with Crippen molar-refractivity contribution in [3.05, 3.63) is 118 Å². The second-order valence-electron chi connectivity index (χ2n) is 12.6. The van der Waals surface area contributed by atoms with E-state index in [-0.39, 0.29) is 35.3 Å². The largest absolute Gasteiger partial charge is 0.479 e. The average molecular weight is 867 g/mol. The Kier molecular flexibility index (Phi) is 10.9. The van der Waals surface area contributed by atoms with Crippen LogP contribution in [0.4, 0.5) is 5.95 Å². The zero-order valence-corrected chi connectivity index (χ0v) is 32.0. The summed E-state index contributed by atoms with van der Waals surface area (Å²) in [6.07, 6.45) is -4.12. The van der Waals surface area contributed by atoms with E-state index >= 15 is 4.57 Å². The standard InChI is InChI=1S/C37H36IN6O9P/c1-37(47)30(45)27(52-34(37)44-31-29(40-35(44)38)32(49-2)42-36(39)41-31)21-51-54(48,53-26-19-11-17-23-14-9-10-18-25(23)26)43-28(24-15-7-4-8-16-24)33(46)50-20-22-12-5-3-6-13-22/h3-19,27-28,30,34,45,47H,20-21H2,1-2H3,(H,43,48)(H2,39,41,42)/t27-,28+,30-,34-,37-,54?/m1/s1. The first-order valence-electron chi connectivity index (χ1n) is 16.7. The minimum atomic E-state index is -4.58. The monoisotopic (exact) mass is 866 g/mol. The van der Waals surface area contributed by atoms with Gasteiger partial charge in [-0.25, -0.2) is 14.3 Å². The minimum absolute atomic E-state index is 0.0389. The fraction of sp³-hybridized carbons (Fsp3) is 0.243. The Labute approximate surface area is 323 Å². The summed E-state index contributed by atoms with van der Waals surface area (Å²) in [5.74, 6) is -0.534. The summed E-state index contributed by atoms with van der Waals surface area (Å²) in [6, 6.07) is 29.0. The van der Waals surface area contributed by atoms with Crippen LogP contribution in [0.3, 0.4) is 0 Å². The van der Waals surface area contributed by atoms with Crippen molar-refractivity contribution in [1.82, 2.24) is 24.6 Å². The number of nitrogens with zero attached hydrogens (tertiary/aromatic N) is 4. The van der Waals surface area contributed by atoms with E-state index < -0.39 is 50.4 Å². The molecule has 1 fully saturated rings. The van der Waals surface area contributed by atoms with Gasteiger partial charge in [0.15, 0.2) is 21.2 Å². The van der Waals surface area contributed by atoms with Gasteiger partial charge in [0.2, 0.25) is 11.8 Å². The summed E-state index contributed by atoms with van der Waals surface area (Å²) in [5.41, 5.74) is 5.62. The Bertz CT molecular complexity index is 2330. The van der Waals surface area contributed by atoms with E-state index in [9.17, 15) is 15.0 Å². The number of fused-ring (bicyclic) bond motifs is 2. The Morgan fingerprint density at radius 2 is 1.70 bits per heavy atom. The molecule has 3 heterocycles. The van der Waals surface area contributed by atoms with Crippen molar-refractivity contribution in [2.45, 2.75) is 43.6 Å². The van der Waals surface area contributed by atoms with Crippen molar-refractivity contribution in [3.8, 4) is 11.6 Å². The number of carbonyl (C=O) groups excluding carboxylic acids is 1. The average Bonchev–Trinajstić information content (AvgIpc) is 3.62. The Hall–Kier alpha value is -4.68. The van der Waals surface area contributed by atoms with Crippen molar-refractivity contribution >= 4 is 64.2 Å². The van der Waals surface area contributed by atoms with Crippen molar-refractivity contribution < 1.29 is 42.8 Å². The number of carbonyl (C=O) groups is 1. The summed E-state index contributed by atoms with van der Waals surface area (Å²) in [6.45, 7) is 0.778. The first kappa shape index (κ1) is 37.6. The summed E-state index contributed by atoms with van der Waals surface area (Å²) in [5, 5.41) is 27.4. The first-order valence-corrected chi connectivity index (χ1v) is 19.4. The molecule has 17 heteroatoms. The lowest BCUT2D eigenvalue weighted by atomic mass is 9.96. The fourth-order valence-corrected chi connectivity index (χ4v) is 8.42. The molecule has 2 aromatic heterocycles. The number of aliphatic hydroxyl groups is 2. The molecule has 0 spiro atoms. The van der Waals surface area contributed by atoms with E-state index in [0.29, 0.717) is 14.8 Å². The molecule has 1 aliphatic heterocycles. The topological polar surface area (TPSA) is 202 Å². The number of methoxy groups -OCH3 is 1. The number of ether oxygens (including phenoxy) is 3. The summed E-state index contributed by atoms with van der Waals surface area (Å²) >= 11 is 1.93. The number of aromatic nitrogens is 4. The number of benzene rings is 4. The molecule has 1 saturated heterocycles. The van der Waals surface area contributed by atoms with Crippen LogP contribution in [-0.4, -0.2) is 67.2 Å². The quantitative estimate of drug-likeness (QED) is 0.0493. The number of nitrogens with one attached hydrogen (secondary N) is 1. The Balaban J connectivity index is 1.21. The highest BCUT2D eigenvalue weighted by Gasteiger charge is 2.55. The summed E-state index contributed by atoms with van der Waals surface area (Å²) < 4.78 is 46.3. The number of nitrogens with two attached hydrogens (primary N) is 1. The van der Waals surface area contributed by atoms with Crippen LogP contribution < -0.4 is 20.1 Å². The van der Waals surface area contributed by atoms with Crippen LogP contribution in [0.15, 0.2) is 103 Å². The van der Waals surface area contributed by atoms with Crippen LogP contribution in [0.1, 0.15) is 30.3 Å². The maximum Gasteiger partial charge on any atom is 0.459 e. The molecular formula is C37H36IN6O9P. The molecule has 0 radical (unpaired) electrons. The first-order chi connectivity index (χ1) is 26.0. The van der Waals surface area contributed by atoms with Gasteiger partial charge in [0.1, 0.15) is 36.2 Å².